The summed E-state index contributed by atoms with van der Waals surface area (Å²) < 4.78 is 7.09. The van der Waals surface area contributed by atoms with Crippen molar-refractivity contribution >= 4 is 40.4 Å². The molecule has 37 heavy (non-hydrogen) atoms. The van der Waals surface area contributed by atoms with Crippen LogP contribution in [0.15, 0.2) is 53.4 Å². The van der Waals surface area contributed by atoms with Crippen molar-refractivity contribution in [1.29, 1.82) is 5.26 Å². The summed E-state index contributed by atoms with van der Waals surface area (Å²) in [7, 11) is 0. The van der Waals surface area contributed by atoms with E-state index in [9.17, 15) is 14.9 Å². The van der Waals surface area contributed by atoms with Gasteiger partial charge >= 0.3 is 0 Å². The first-order chi connectivity index (χ1) is 17.9. The van der Waals surface area contributed by atoms with E-state index in [0.717, 1.165) is 12.8 Å². The largest absolute Gasteiger partial charge is 0.437 e. The first-order valence-corrected chi connectivity index (χ1v) is 12.8. The van der Waals surface area contributed by atoms with Crippen molar-refractivity contribution in [1.82, 2.24) is 20.1 Å². The molecule has 4 rings (SSSR count). The van der Waals surface area contributed by atoms with Gasteiger partial charge in [0.15, 0.2) is 5.82 Å². The molecule has 0 bridgehead atoms. The van der Waals surface area contributed by atoms with Crippen LogP contribution in [0.5, 0.6) is 11.6 Å². The van der Waals surface area contributed by atoms with E-state index in [1.54, 1.807) is 36.6 Å². The van der Waals surface area contributed by atoms with E-state index in [0.29, 0.717) is 23.4 Å². The van der Waals surface area contributed by atoms with E-state index in [1.165, 1.54) is 34.3 Å². The van der Waals surface area contributed by atoms with Crippen molar-refractivity contribution in [2.75, 3.05) is 11.9 Å². The summed E-state index contributed by atoms with van der Waals surface area (Å²) in [4.78, 5) is 30.8. The molecular weight excluding hydrogens is 512 g/mol. The predicted octanol–water partition coefficient (Wildman–Crippen LogP) is 5.74. The van der Waals surface area contributed by atoms with E-state index in [1.807, 2.05) is 12.3 Å². The molecule has 0 spiro atoms. The third-order valence-corrected chi connectivity index (χ3v) is 6.30. The lowest BCUT2D eigenvalue weighted by atomic mass is 10.0. The Hall–Kier alpha value is -4.20. The Morgan fingerprint density at radius 3 is 2.78 bits per heavy atom. The topological polar surface area (TPSA) is 122 Å². The molecule has 0 saturated carbocycles. The Morgan fingerprint density at radius 2 is 2.08 bits per heavy atom. The number of nitriles is 1. The summed E-state index contributed by atoms with van der Waals surface area (Å²) in [6, 6.07) is 11.7. The molecule has 0 unspecified atom stereocenters. The van der Waals surface area contributed by atoms with Gasteiger partial charge in [-0.25, -0.2) is 9.67 Å². The fourth-order valence-corrected chi connectivity index (χ4v) is 4.30. The Balaban J connectivity index is 1.73. The number of pyridine rings is 1. The zero-order valence-electron chi connectivity index (χ0n) is 20.1. The second kappa shape index (κ2) is 11.7. The second-order valence-electron chi connectivity index (χ2n) is 8.04. The number of aromatic nitrogens is 3. The van der Waals surface area contributed by atoms with Gasteiger partial charge in [-0.15, -0.1) is 16.4 Å². The fraction of sp³-hybridized carbons (Fsp3) is 0.192. The highest BCUT2D eigenvalue weighted by molar-refractivity contribution is 7.08. The van der Waals surface area contributed by atoms with Crippen LogP contribution in [0.1, 0.15) is 51.7 Å². The summed E-state index contributed by atoms with van der Waals surface area (Å²) >= 11 is 7.82. The smallest absolute Gasteiger partial charge is 0.274 e. The highest BCUT2D eigenvalue weighted by Crippen LogP contribution is 2.28. The number of anilines is 1. The number of thiophene rings is 1. The lowest BCUT2D eigenvalue weighted by Crippen LogP contribution is -2.27. The van der Waals surface area contributed by atoms with Gasteiger partial charge in [0.2, 0.25) is 5.88 Å². The molecule has 2 amide bonds. The molecule has 0 aliphatic rings. The predicted molar refractivity (Wildman–Crippen MR) is 142 cm³/mol. The third-order valence-electron chi connectivity index (χ3n) is 5.34. The van der Waals surface area contributed by atoms with Gasteiger partial charge in [0.25, 0.3) is 11.8 Å². The summed E-state index contributed by atoms with van der Waals surface area (Å²) in [5.41, 5.74) is 1.44. The SMILES string of the molecule is CCCCNC(=O)c1cc(C#N)cc(C)c1NC(=O)c1cc(Oc2ccsc2)nn1-c1ncccc1Cl. The van der Waals surface area contributed by atoms with Crippen molar-refractivity contribution in [3.8, 4) is 23.5 Å². The third kappa shape index (κ3) is 5.97. The van der Waals surface area contributed by atoms with Crippen molar-refractivity contribution in [3.63, 3.8) is 0 Å². The van der Waals surface area contributed by atoms with Gasteiger partial charge in [-0.1, -0.05) is 24.9 Å². The number of rotatable bonds is 9. The summed E-state index contributed by atoms with van der Waals surface area (Å²) in [6.45, 7) is 4.22. The molecular formula is C26H23ClN6O3S. The summed E-state index contributed by atoms with van der Waals surface area (Å²) in [5, 5.41) is 23.4. The number of aryl methyl sites for hydroxylation is 1. The van der Waals surface area contributed by atoms with E-state index in [-0.39, 0.29) is 39.6 Å². The number of ether oxygens (including phenoxy) is 1. The molecule has 4 aromatic rings. The number of nitrogens with zero attached hydrogens (tertiary/aromatic N) is 4. The van der Waals surface area contributed by atoms with Crippen molar-refractivity contribution in [2.45, 2.75) is 26.7 Å². The first kappa shape index (κ1) is 25.9. The Labute approximate surface area is 222 Å². The molecule has 0 fully saturated rings. The molecule has 9 nitrogen and oxygen atoms in total. The molecule has 188 valence electrons. The lowest BCUT2D eigenvalue weighted by molar-refractivity contribution is 0.0954. The number of halogens is 1. The normalized spacial score (nSPS) is 10.5. The van der Waals surface area contributed by atoms with Gasteiger partial charge in [-0.3, -0.25) is 9.59 Å². The lowest BCUT2D eigenvalue weighted by Gasteiger charge is -2.15. The average molecular weight is 535 g/mol. The highest BCUT2D eigenvalue weighted by Gasteiger charge is 2.23. The standard InChI is InChI=1S/C26H23ClN6O3S/c1-3-4-8-30-25(34)19-12-17(14-28)11-16(2)23(19)31-26(35)21-13-22(36-18-7-10-37-15-18)32-33(21)24-20(27)6-5-9-29-24/h5-7,9-13,15H,3-4,8H2,1-2H3,(H,30,34)(H,31,35). The fourth-order valence-electron chi connectivity index (χ4n) is 3.54. The van der Waals surface area contributed by atoms with Crippen LogP contribution in [-0.4, -0.2) is 33.1 Å². The molecule has 2 N–H and O–H groups in total. The van der Waals surface area contributed by atoms with E-state index in [2.05, 4.69) is 26.8 Å². The number of carbonyl (C=O) groups excluding carboxylic acids is 2. The Bertz CT molecular complexity index is 1480. The van der Waals surface area contributed by atoms with Crippen molar-refractivity contribution in [2.24, 2.45) is 0 Å². The van der Waals surface area contributed by atoms with Crippen LogP contribution in [-0.2, 0) is 0 Å². The van der Waals surface area contributed by atoms with Crippen LogP contribution >= 0.6 is 22.9 Å². The maximum Gasteiger partial charge on any atom is 0.274 e. The number of unbranched alkanes of at least 4 members (excludes halogenated alkanes) is 1. The zero-order valence-corrected chi connectivity index (χ0v) is 21.7. The summed E-state index contributed by atoms with van der Waals surface area (Å²) in [6.07, 6.45) is 3.26. The van der Waals surface area contributed by atoms with Crippen molar-refractivity contribution in [3.05, 3.63) is 80.8 Å². The van der Waals surface area contributed by atoms with Crippen LogP contribution in [0.4, 0.5) is 5.69 Å². The maximum atomic E-state index is 13.6. The molecule has 11 heteroatoms. The van der Waals surface area contributed by atoms with Gasteiger partial charge in [-0.05, 0) is 54.6 Å². The molecule has 0 aliphatic heterocycles. The summed E-state index contributed by atoms with van der Waals surface area (Å²) in [5.74, 6) is 0.0298. The van der Waals surface area contributed by atoms with Crippen LogP contribution in [0, 0.1) is 18.3 Å². The molecule has 3 heterocycles. The zero-order chi connectivity index (χ0) is 26.4. The monoisotopic (exact) mass is 534 g/mol. The molecule has 0 radical (unpaired) electrons. The van der Waals surface area contributed by atoms with Gasteiger partial charge in [0.05, 0.1) is 27.9 Å². The number of amides is 2. The minimum Gasteiger partial charge on any atom is -0.437 e. The number of carbonyl (C=O) groups is 2. The highest BCUT2D eigenvalue weighted by atomic mass is 35.5. The van der Waals surface area contributed by atoms with E-state index >= 15 is 0 Å². The van der Waals surface area contributed by atoms with Crippen LogP contribution in [0.3, 0.4) is 0 Å². The Morgan fingerprint density at radius 1 is 1.24 bits per heavy atom. The van der Waals surface area contributed by atoms with Gasteiger partial charge in [-0.2, -0.15) is 5.26 Å². The maximum absolute atomic E-state index is 13.6. The quantitative estimate of drug-likeness (QED) is 0.264. The van der Waals surface area contributed by atoms with E-state index < -0.39 is 5.91 Å². The molecule has 3 aromatic heterocycles. The van der Waals surface area contributed by atoms with E-state index in [4.69, 9.17) is 16.3 Å². The molecule has 0 aliphatic carbocycles. The van der Waals surface area contributed by atoms with Gasteiger partial charge in [0.1, 0.15) is 11.4 Å². The average Bonchev–Trinajstić information content (AvgIpc) is 3.55. The Kier molecular flexibility index (Phi) is 8.18. The number of hydrogen-bond acceptors (Lipinski definition) is 7. The van der Waals surface area contributed by atoms with Crippen molar-refractivity contribution < 1.29 is 14.3 Å². The minimum absolute atomic E-state index is 0.0898. The van der Waals surface area contributed by atoms with Gasteiger partial charge < -0.3 is 15.4 Å². The van der Waals surface area contributed by atoms with Gasteiger partial charge in [0, 0.05) is 24.2 Å². The molecule has 0 saturated heterocycles. The van der Waals surface area contributed by atoms with Crippen LogP contribution < -0.4 is 15.4 Å². The minimum atomic E-state index is -0.565. The van der Waals surface area contributed by atoms with Crippen LogP contribution in [0.2, 0.25) is 5.02 Å². The number of hydrogen-bond donors (Lipinski definition) is 2. The number of benzene rings is 1. The first-order valence-electron chi connectivity index (χ1n) is 11.5. The molecule has 1 aromatic carbocycles. The second-order valence-corrected chi connectivity index (χ2v) is 9.23. The number of nitrogens with one attached hydrogen (secondary N) is 2. The molecule has 0 atom stereocenters. The van der Waals surface area contributed by atoms with Crippen LogP contribution in [0.25, 0.3) is 5.82 Å².